The number of hydrogen-bond donors (Lipinski definition) is 1. The Morgan fingerprint density at radius 1 is 1.19 bits per heavy atom. The minimum absolute atomic E-state index is 0.252. The zero-order chi connectivity index (χ0) is 19.4. The summed E-state index contributed by atoms with van der Waals surface area (Å²) >= 11 is 6.31. The van der Waals surface area contributed by atoms with E-state index in [0.29, 0.717) is 34.2 Å². The topological polar surface area (TPSA) is 50.2 Å². The van der Waals surface area contributed by atoms with Crippen molar-refractivity contribution in [3.8, 4) is 16.9 Å². The molecule has 0 aliphatic carbocycles. The van der Waals surface area contributed by atoms with E-state index in [1.165, 1.54) is 16.8 Å². The van der Waals surface area contributed by atoms with Crippen LogP contribution in [0, 0.1) is 5.82 Å². The summed E-state index contributed by atoms with van der Waals surface area (Å²) in [6.45, 7) is 1.22. The highest BCUT2D eigenvalue weighted by Gasteiger charge is 2.19. The van der Waals surface area contributed by atoms with Gasteiger partial charge in [-0.3, -0.25) is 4.79 Å². The molecule has 1 aromatic heterocycles. The number of halogens is 2. The van der Waals surface area contributed by atoms with E-state index in [1.54, 1.807) is 30.3 Å². The molecular weight excluding hydrogens is 367 g/mol. The van der Waals surface area contributed by atoms with Gasteiger partial charge in [-0.15, -0.1) is 0 Å². The molecule has 0 bridgehead atoms. The van der Waals surface area contributed by atoms with Gasteiger partial charge in [-0.1, -0.05) is 23.7 Å². The van der Waals surface area contributed by atoms with Crippen LogP contribution < -0.4 is 5.32 Å². The molecule has 0 atom stereocenters. The van der Waals surface area contributed by atoms with E-state index in [9.17, 15) is 9.18 Å². The standard InChI is InChI=1S/C20H20ClFN4O/c1-25(2)12-11-23-20(27)19-13-17(14-7-9-15(22)10-8-14)24-26(19)18-6-4-3-5-16(18)21/h3-10,13H,11-12H2,1-2H3,(H,23,27). The molecule has 2 aromatic carbocycles. The van der Waals surface area contributed by atoms with Gasteiger partial charge in [0.2, 0.25) is 0 Å². The van der Waals surface area contributed by atoms with Crippen molar-refractivity contribution in [2.45, 2.75) is 0 Å². The van der Waals surface area contributed by atoms with Crippen LogP contribution in [-0.2, 0) is 0 Å². The van der Waals surface area contributed by atoms with E-state index in [0.717, 1.165) is 6.54 Å². The average molecular weight is 387 g/mol. The highest BCUT2D eigenvalue weighted by atomic mass is 35.5. The Bertz CT molecular complexity index is 937. The summed E-state index contributed by atoms with van der Waals surface area (Å²) in [7, 11) is 3.87. The number of nitrogens with one attached hydrogen (secondary N) is 1. The number of carbonyl (C=O) groups excluding carboxylic acids is 1. The Morgan fingerprint density at radius 2 is 1.89 bits per heavy atom. The number of carbonyl (C=O) groups is 1. The number of hydrogen-bond acceptors (Lipinski definition) is 3. The third-order valence-corrected chi connectivity index (χ3v) is 4.33. The Morgan fingerprint density at radius 3 is 2.56 bits per heavy atom. The van der Waals surface area contributed by atoms with Crippen LogP contribution >= 0.6 is 11.6 Å². The van der Waals surface area contributed by atoms with Crippen LogP contribution in [0.25, 0.3) is 16.9 Å². The van der Waals surface area contributed by atoms with Gasteiger partial charge in [0.05, 0.1) is 16.4 Å². The third-order valence-electron chi connectivity index (χ3n) is 4.01. The molecule has 0 aliphatic heterocycles. The van der Waals surface area contributed by atoms with Gasteiger partial charge < -0.3 is 10.2 Å². The summed E-state index contributed by atoms with van der Waals surface area (Å²) in [5, 5.41) is 7.91. The van der Waals surface area contributed by atoms with Crippen molar-refractivity contribution in [3.05, 3.63) is 71.1 Å². The van der Waals surface area contributed by atoms with Gasteiger partial charge in [0.1, 0.15) is 11.5 Å². The summed E-state index contributed by atoms with van der Waals surface area (Å²) in [5.41, 5.74) is 2.24. The van der Waals surface area contributed by atoms with Crippen LogP contribution in [0.15, 0.2) is 54.6 Å². The molecular formula is C20H20ClFN4O. The second kappa shape index (κ2) is 8.33. The van der Waals surface area contributed by atoms with Crippen molar-refractivity contribution in [1.82, 2.24) is 20.0 Å². The Balaban J connectivity index is 2.00. The van der Waals surface area contributed by atoms with Gasteiger partial charge >= 0.3 is 0 Å². The Kier molecular flexibility index (Phi) is 5.88. The van der Waals surface area contributed by atoms with Crippen molar-refractivity contribution in [1.29, 1.82) is 0 Å². The fraction of sp³-hybridized carbons (Fsp3) is 0.200. The van der Waals surface area contributed by atoms with Crippen molar-refractivity contribution < 1.29 is 9.18 Å². The smallest absolute Gasteiger partial charge is 0.270 e. The summed E-state index contributed by atoms with van der Waals surface area (Å²) < 4.78 is 14.7. The summed E-state index contributed by atoms with van der Waals surface area (Å²) in [6.07, 6.45) is 0. The molecule has 5 nitrogen and oxygen atoms in total. The van der Waals surface area contributed by atoms with E-state index < -0.39 is 0 Å². The molecule has 0 saturated carbocycles. The number of benzene rings is 2. The number of rotatable bonds is 6. The minimum atomic E-state index is -0.328. The highest BCUT2D eigenvalue weighted by Crippen LogP contribution is 2.25. The van der Waals surface area contributed by atoms with E-state index in [-0.39, 0.29) is 11.7 Å². The lowest BCUT2D eigenvalue weighted by atomic mass is 10.1. The molecule has 0 unspecified atom stereocenters. The molecule has 0 aliphatic rings. The van der Waals surface area contributed by atoms with Crippen molar-refractivity contribution in [2.75, 3.05) is 27.2 Å². The first-order valence-electron chi connectivity index (χ1n) is 8.49. The predicted molar refractivity (Wildman–Crippen MR) is 105 cm³/mol. The van der Waals surface area contributed by atoms with Gasteiger partial charge in [-0.05, 0) is 56.6 Å². The number of para-hydroxylation sites is 1. The van der Waals surface area contributed by atoms with E-state index in [4.69, 9.17) is 11.6 Å². The lowest BCUT2D eigenvalue weighted by molar-refractivity contribution is 0.0943. The highest BCUT2D eigenvalue weighted by molar-refractivity contribution is 6.32. The summed E-state index contributed by atoms with van der Waals surface area (Å²) in [6, 6.07) is 14.8. The van der Waals surface area contributed by atoms with Gasteiger partial charge in [-0.2, -0.15) is 5.10 Å². The Labute approximate surface area is 162 Å². The van der Waals surface area contributed by atoms with Crippen LogP contribution in [0.2, 0.25) is 5.02 Å². The predicted octanol–water partition coefficient (Wildman–Crippen LogP) is 3.62. The first-order valence-corrected chi connectivity index (χ1v) is 8.87. The molecule has 140 valence electrons. The van der Waals surface area contributed by atoms with Crippen LogP contribution in [0.5, 0.6) is 0 Å². The lowest BCUT2D eigenvalue weighted by Gasteiger charge is -2.12. The molecule has 0 saturated heterocycles. The number of aromatic nitrogens is 2. The Hall–Kier alpha value is -2.70. The largest absolute Gasteiger partial charge is 0.349 e. The second-order valence-electron chi connectivity index (χ2n) is 6.34. The zero-order valence-corrected chi connectivity index (χ0v) is 15.9. The molecule has 0 spiro atoms. The van der Waals surface area contributed by atoms with Crippen LogP contribution in [0.1, 0.15) is 10.5 Å². The van der Waals surface area contributed by atoms with Crippen LogP contribution in [0.4, 0.5) is 4.39 Å². The first-order chi connectivity index (χ1) is 13.0. The molecule has 27 heavy (non-hydrogen) atoms. The normalized spacial score (nSPS) is 11.0. The maximum atomic E-state index is 13.2. The SMILES string of the molecule is CN(C)CCNC(=O)c1cc(-c2ccc(F)cc2)nn1-c1ccccc1Cl. The quantitative estimate of drug-likeness (QED) is 0.704. The van der Waals surface area contributed by atoms with Crippen molar-refractivity contribution >= 4 is 17.5 Å². The van der Waals surface area contributed by atoms with Gasteiger partial charge in [0, 0.05) is 18.7 Å². The lowest BCUT2D eigenvalue weighted by Crippen LogP contribution is -2.32. The van der Waals surface area contributed by atoms with Gasteiger partial charge in [0.25, 0.3) is 5.91 Å². The fourth-order valence-electron chi connectivity index (χ4n) is 2.60. The van der Waals surface area contributed by atoms with E-state index in [2.05, 4.69) is 10.4 Å². The minimum Gasteiger partial charge on any atom is -0.349 e. The van der Waals surface area contributed by atoms with E-state index >= 15 is 0 Å². The molecule has 3 rings (SSSR count). The molecule has 0 fully saturated rings. The summed E-state index contributed by atoms with van der Waals surface area (Å²) in [4.78, 5) is 14.7. The van der Waals surface area contributed by atoms with Gasteiger partial charge in [-0.25, -0.2) is 9.07 Å². The molecule has 1 N–H and O–H groups in total. The zero-order valence-electron chi connectivity index (χ0n) is 15.1. The number of likely N-dealkylation sites (N-methyl/N-ethyl adjacent to an activating group) is 1. The monoisotopic (exact) mass is 386 g/mol. The van der Waals surface area contributed by atoms with Crippen molar-refractivity contribution in [3.63, 3.8) is 0 Å². The molecule has 3 aromatic rings. The fourth-order valence-corrected chi connectivity index (χ4v) is 2.81. The third kappa shape index (κ3) is 4.53. The second-order valence-corrected chi connectivity index (χ2v) is 6.75. The maximum absolute atomic E-state index is 13.2. The first kappa shape index (κ1) is 19.1. The van der Waals surface area contributed by atoms with Crippen molar-refractivity contribution in [2.24, 2.45) is 0 Å². The van der Waals surface area contributed by atoms with Gasteiger partial charge in [0.15, 0.2) is 0 Å². The van der Waals surface area contributed by atoms with E-state index in [1.807, 2.05) is 31.1 Å². The molecule has 1 amide bonds. The number of amides is 1. The molecule has 1 heterocycles. The maximum Gasteiger partial charge on any atom is 0.270 e. The van der Waals surface area contributed by atoms with Crippen LogP contribution in [0.3, 0.4) is 0 Å². The molecule has 7 heteroatoms. The van der Waals surface area contributed by atoms with Crippen LogP contribution in [-0.4, -0.2) is 47.8 Å². The molecule has 0 radical (unpaired) electrons. The summed E-state index contributed by atoms with van der Waals surface area (Å²) in [5.74, 6) is -0.580. The number of nitrogens with zero attached hydrogens (tertiary/aromatic N) is 3. The average Bonchev–Trinajstić information content (AvgIpc) is 3.07.